The Balaban J connectivity index is 2.55. The third kappa shape index (κ3) is 3.21. The second-order valence-corrected chi connectivity index (χ2v) is 5.82. The van der Waals surface area contributed by atoms with Gasteiger partial charge in [0.05, 0.1) is 6.54 Å². The van der Waals surface area contributed by atoms with Crippen molar-refractivity contribution in [3.8, 4) is 0 Å². The molecule has 1 amide bonds. The van der Waals surface area contributed by atoms with Gasteiger partial charge in [-0.2, -0.15) is 0 Å². The van der Waals surface area contributed by atoms with Crippen LogP contribution in [0.3, 0.4) is 0 Å². The maximum absolute atomic E-state index is 12.0. The van der Waals surface area contributed by atoms with E-state index in [-0.39, 0.29) is 11.4 Å². The number of nitrogens with zero attached hydrogens (tertiary/aromatic N) is 2. The molecule has 1 rings (SSSR count). The fourth-order valence-corrected chi connectivity index (χ4v) is 2.38. The van der Waals surface area contributed by atoms with Crippen molar-refractivity contribution in [3.63, 3.8) is 0 Å². The Morgan fingerprint density at radius 2 is 1.94 bits per heavy atom. The lowest BCUT2D eigenvalue weighted by molar-refractivity contribution is -0.142. The van der Waals surface area contributed by atoms with Gasteiger partial charge in [-0.25, -0.2) is 0 Å². The van der Waals surface area contributed by atoms with Crippen LogP contribution in [0, 0.1) is 0 Å². The lowest BCUT2D eigenvalue weighted by Crippen LogP contribution is -2.58. The number of piperazine rings is 1. The summed E-state index contributed by atoms with van der Waals surface area (Å²) in [7, 11) is 0. The second kappa shape index (κ2) is 5.17. The summed E-state index contributed by atoms with van der Waals surface area (Å²) in [6.45, 7) is 13.2. The molecule has 1 heterocycles. The van der Waals surface area contributed by atoms with E-state index in [9.17, 15) is 4.79 Å². The Hall–Kier alpha value is -0.570. The molecule has 0 aromatic carbocycles. The quantitative estimate of drug-likeness (QED) is 0.736. The van der Waals surface area contributed by atoms with Crippen LogP contribution in [0.1, 0.15) is 47.5 Å². The highest BCUT2D eigenvalue weighted by molar-refractivity contribution is 5.79. The molecule has 16 heavy (non-hydrogen) atoms. The number of carbonyl (C=O) groups is 1. The van der Waals surface area contributed by atoms with Gasteiger partial charge in [0.15, 0.2) is 0 Å². The van der Waals surface area contributed by atoms with E-state index in [0.717, 1.165) is 13.1 Å². The Labute approximate surface area is 99.8 Å². The first-order valence-corrected chi connectivity index (χ1v) is 6.40. The first-order chi connectivity index (χ1) is 7.36. The van der Waals surface area contributed by atoms with E-state index in [2.05, 4.69) is 39.5 Å². The first kappa shape index (κ1) is 13.5. The molecule has 1 fully saturated rings. The number of rotatable bonds is 3. The number of carbonyl (C=O) groups excluding carboxylic acids is 1. The molecule has 1 unspecified atom stereocenters. The van der Waals surface area contributed by atoms with Crippen LogP contribution in [0.15, 0.2) is 0 Å². The van der Waals surface area contributed by atoms with Crippen molar-refractivity contribution in [1.29, 1.82) is 0 Å². The van der Waals surface area contributed by atoms with Crippen LogP contribution in [0.4, 0.5) is 0 Å². The lowest BCUT2D eigenvalue weighted by atomic mass is 10.0. The third-order valence-electron chi connectivity index (χ3n) is 3.39. The average Bonchev–Trinajstić information content (AvgIpc) is 2.16. The van der Waals surface area contributed by atoms with E-state index < -0.39 is 0 Å². The second-order valence-electron chi connectivity index (χ2n) is 5.82. The van der Waals surface area contributed by atoms with Crippen LogP contribution in [0.25, 0.3) is 0 Å². The van der Waals surface area contributed by atoms with Gasteiger partial charge in [-0.3, -0.25) is 9.69 Å². The Morgan fingerprint density at radius 1 is 1.31 bits per heavy atom. The molecule has 0 radical (unpaired) electrons. The highest BCUT2D eigenvalue weighted by Gasteiger charge is 2.32. The molecule has 0 aromatic rings. The van der Waals surface area contributed by atoms with E-state index in [1.807, 2.05) is 4.90 Å². The summed E-state index contributed by atoms with van der Waals surface area (Å²) in [6, 6.07) is 0.538. The fourth-order valence-electron chi connectivity index (χ4n) is 2.38. The van der Waals surface area contributed by atoms with E-state index >= 15 is 0 Å². The Bertz CT molecular complexity index is 245. The van der Waals surface area contributed by atoms with Gasteiger partial charge < -0.3 is 4.90 Å². The summed E-state index contributed by atoms with van der Waals surface area (Å²) in [6.07, 6.45) is 2.37. The standard InChI is InChI=1S/C13H26N2O/c1-6-7-11(2)14-8-9-15(12(16)10-14)13(3,4)5/h11H,6-10H2,1-5H3. The zero-order chi connectivity index (χ0) is 12.3. The molecule has 1 aliphatic heterocycles. The summed E-state index contributed by atoms with van der Waals surface area (Å²) in [5, 5.41) is 0. The van der Waals surface area contributed by atoms with Gasteiger partial charge in [0, 0.05) is 24.7 Å². The maximum Gasteiger partial charge on any atom is 0.237 e. The van der Waals surface area contributed by atoms with Crippen molar-refractivity contribution in [3.05, 3.63) is 0 Å². The van der Waals surface area contributed by atoms with Crippen LogP contribution < -0.4 is 0 Å². The van der Waals surface area contributed by atoms with Crippen LogP contribution in [0.5, 0.6) is 0 Å². The Kier molecular flexibility index (Phi) is 4.36. The monoisotopic (exact) mass is 226 g/mol. The Morgan fingerprint density at radius 3 is 2.38 bits per heavy atom. The molecule has 3 nitrogen and oxygen atoms in total. The van der Waals surface area contributed by atoms with E-state index in [0.29, 0.717) is 12.6 Å². The molecular weight excluding hydrogens is 200 g/mol. The zero-order valence-electron chi connectivity index (χ0n) is 11.4. The van der Waals surface area contributed by atoms with Crippen molar-refractivity contribution in [2.45, 2.75) is 59.0 Å². The summed E-state index contributed by atoms with van der Waals surface area (Å²) in [5.41, 5.74) is -0.0306. The number of hydrogen-bond acceptors (Lipinski definition) is 2. The SMILES string of the molecule is CCCC(C)N1CCN(C(C)(C)C)C(=O)C1. The minimum atomic E-state index is -0.0306. The molecule has 0 N–H and O–H groups in total. The van der Waals surface area contributed by atoms with Crippen molar-refractivity contribution in [2.24, 2.45) is 0 Å². The van der Waals surface area contributed by atoms with Gasteiger partial charge in [0.2, 0.25) is 5.91 Å². The van der Waals surface area contributed by atoms with Crippen LogP contribution in [-0.4, -0.2) is 46.9 Å². The molecule has 1 saturated heterocycles. The summed E-state index contributed by atoms with van der Waals surface area (Å²) in [5.74, 6) is 0.279. The van der Waals surface area contributed by atoms with Gasteiger partial charge in [0.25, 0.3) is 0 Å². The number of amides is 1. The maximum atomic E-state index is 12.0. The van der Waals surface area contributed by atoms with E-state index in [1.165, 1.54) is 12.8 Å². The van der Waals surface area contributed by atoms with E-state index in [4.69, 9.17) is 0 Å². The molecule has 0 aliphatic carbocycles. The first-order valence-electron chi connectivity index (χ1n) is 6.40. The number of hydrogen-bond donors (Lipinski definition) is 0. The van der Waals surface area contributed by atoms with Gasteiger partial charge >= 0.3 is 0 Å². The summed E-state index contributed by atoms with van der Waals surface area (Å²) >= 11 is 0. The largest absolute Gasteiger partial charge is 0.335 e. The normalized spacial score (nSPS) is 21.3. The third-order valence-corrected chi connectivity index (χ3v) is 3.39. The van der Waals surface area contributed by atoms with Gasteiger partial charge in [-0.15, -0.1) is 0 Å². The topological polar surface area (TPSA) is 23.6 Å². The molecule has 1 atom stereocenters. The molecule has 0 aromatic heterocycles. The lowest BCUT2D eigenvalue weighted by Gasteiger charge is -2.43. The minimum Gasteiger partial charge on any atom is -0.335 e. The summed E-state index contributed by atoms with van der Waals surface area (Å²) < 4.78 is 0. The molecule has 1 aliphatic rings. The van der Waals surface area contributed by atoms with Gasteiger partial charge in [0.1, 0.15) is 0 Å². The minimum absolute atomic E-state index is 0.0306. The van der Waals surface area contributed by atoms with Crippen molar-refractivity contribution in [1.82, 2.24) is 9.80 Å². The zero-order valence-corrected chi connectivity index (χ0v) is 11.4. The molecule has 94 valence electrons. The van der Waals surface area contributed by atoms with Crippen molar-refractivity contribution < 1.29 is 4.79 Å². The molecular formula is C13H26N2O. The highest BCUT2D eigenvalue weighted by Crippen LogP contribution is 2.19. The smallest absolute Gasteiger partial charge is 0.237 e. The molecule has 3 heteroatoms. The molecule has 0 bridgehead atoms. The van der Waals surface area contributed by atoms with Crippen molar-refractivity contribution in [2.75, 3.05) is 19.6 Å². The van der Waals surface area contributed by atoms with Crippen LogP contribution >= 0.6 is 0 Å². The van der Waals surface area contributed by atoms with Gasteiger partial charge in [-0.1, -0.05) is 13.3 Å². The predicted octanol–water partition coefficient (Wildman–Crippen LogP) is 2.12. The van der Waals surface area contributed by atoms with Crippen molar-refractivity contribution >= 4 is 5.91 Å². The van der Waals surface area contributed by atoms with Gasteiger partial charge in [-0.05, 0) is 34.1 Å². The average molecular weight is 226 g/mol. The fraction of sp³-hybridized carbons (Fsp3) is 0.923. The van der Waals surface area contributed by atoms with Crippen LogP contribution in [0.2, 0.25) is 0 Å². The summed E-state index contributed by atoms with van der Waals surface area (Å²) in [4.78, 5) is 16.4. The molecule has 0 spiro atoms. The van der Waals surface area contributed by atoms with E-state index in [1.54, 1.807) is 0 Å². The predicted molar refractivity (Wildman–Crippen MR) is 67.4 cm³/mol. The molecule has 0 saturated carbocycles. The van der Waals surface area contributed by atoms with Crippen LogP contribution in [-0.2, 0) is 4.79 Å². The highest BCUT2D eigenvalue weighted by atomic mass is 16.2.